The number of nitrogens with one attached hydrogen (secondary N) is 1. The van der Waals surface area contributed by atoms with Crippen LogP contribution in [0.4, 0.5) is 5.69 Å². The van der Waals surface area contributed by atoms with Crippen LogP contribution < -0.4 is 5.32 Å². The Morgan fingerprint density at radius 2 is 2.04 bits per heavy atom. The molecule has 2 aliphatic rings. The Balaban J connectivity index is 1.45. The van der Waals surface area contributed by atoms with E-state index in [1.165, 1.54) is 18.7 Å². The number of amides is 1. The zero-order valence-electron chi connectivity index (χ0n) is 13.9. The molecule has 124 valence electrons. The third-order valence-corrected chi connectivity index (χ3v) is 5.00. The quantitative estimate of drug-likeness (QED) is 0.862. The maximum Gasteiger partial charge on any atom is 0.227 e. The summed E-state index contributed by atoms with van der Waals surface area (Å²) in [5.74, 6) is 1.43. The Morgan fingerprint density at radius 1 is 1.17 bits per heavy atom. The van der Waals surface area contributed by atoms with E-state index >= 15 is 0 Å². The summed E-state index contributed by atoms with van der Waals surface area (Å²) in [4.78, 5) is 17.0. The molecule has 0 radical (unpaired) electrons. The molecule has 1 N–H and O–H groups in total. The molecule has 1 aliphatic heterocycles. The van der Waals surface area contributed by atoms with Crippen LogP contribution in [0.5, 0.6) is 0 Å². The van der Waals surface area contributed by atoms with Gasteiger partial charge >= 0.3 is 0 Å². The van der Waals surface area contributed by atoms with Crippen LogP contribution in [0.1, 0.15) is 37.9 Å². The van der Waals surface area contributed by atoms with Crippen LogP contribution in [0.25, 0.3) is 11.3 Å². The second kappa shape index (κ2) is 6.63. The first-order chi connectivity index (χ1) is 11.8. The van der Waals surface area contributed by atoms with Crippen molar-refractivity contribution in [1.82, 2.24) is 9.55 Å². The van der Waals surface area contributed by atoms with Gasteiger partial charge < -0.3 is 9.88 Å². The molecule has 24 heavy (non-hydrogen) atoms. The maximum absolute atomic E-state index is 12.3. The molecule has 1 aromatic heterocycles. The molecule has 1 atom stereocenters. The molecule has 4 heteroatoms. The normalized spacial score (nSPS) is 19.8. The number of carbonyl (C=O) groups excluding carboxylic acids is 1. The van der Waals surface area contributed by atoms with Gasteiger partial charge in [-0.3, -0.25) is 4.79 Å². The van der Waals surface area contributed by atoms with Gasteiger partial charge in [0.05, 0.1) is 5.69 Å². The van der Waals surface area contributed by atoms with Crippen LogP contribution in [-0.4, -0.2) is 15.5 Å². The highest BCUT2D eigenvalue weighted by Gasteiger charge is 2.19. The van der Waals surface area contributed by atoms with Crippen molar-refractivity contribution in [3.63, 3.8) is 0 Å². The lowest BCUT2D eigenvalue weighted by Crippen LogP contribution is -2.23. The van der Waals surface area contributed by atoms with Gasteiger partial charge in [-0.25, -0.2) is 4.98 Å². The second-order valence-electron chi connectivity index (χ2n) is 6.74. The molecule has 0 bridgehead atoms. The molecule has 4 rings (SSSR count). The van der Waals surface area contributed by atoms with Crippen molar-refractivity contribution >= 4 is 11.6 Å². The lowest BCUT2D eigenvalue weighted by atomic mass is 9.93. The van der Waals surface area contributed by atoms with E-state index in [0.29, 0.717) is 0 Å². The molecule has 0 fully saturated rings. The van der Waals surface area contributed by atoms with Gasteiger partial charge in [0.1, 0.15) is 5.82 Å². The summed E-state index contributed by atoms with van der Waals surface area (Å²) in [6, 6.07) is 8.05. The number of aromatic nitrogens is 2. The highest BCUT2D eigenvalue weighted by Crippen LogP contribution is 2.25. The monoisotopic (exact) mass is 321 g/mol. The summed E-state index contributed by atoms with van der Waals surface area (Å²) >= 11 is 0. The van der Waals surface area contributed by atoms with Gasteiger partial charge in [-0.1, -0.05) is 24.3 Å². The van der Waals surface area contributed by atoms with Crippen molar-refractivity contribution in [3.8, 4) is 11.3 Å². The third-order valence-electron chi connectivity index (χ3n) is 5.00. The Bertz CT molecular complexity index is 734. The molecule has 1 amide bonds. The summed E-state index contributed by atoms with van der Waals surface area (Å²) in [5.41, 5.74) is 3.00. The van der Waals surface area contributed by atoms with Crippen LogP contribution in [0.2, 0.25) is 0 Å². The van der Waals surface area contributed by atoms with Crippen molar-refractivity contribution in [1.29, 1.82) is 0 Å². The summed E-state index contributed by atoms with van der Waals surface area (Å²) in [6.07, 6.45) is 12.8. The van der Waals surface area contributed by atoms with E-state index < -0.39 is 0 Å². The highest BCUT2D eigenvalue weighted by atomic mass is 16.1. The zero-order chi connectivity index (χ0) is 16.4. The number of imidazole rings is 1. The number of allylic oxidation sites excluding steroid dienone is 2. The standard InChI is InChI=1S/C20H23N3O/c24-20(16-6-2-1-3-7-16)21-17-11-9-15(10-12-17)18-14-23-13-5-4-8-19(23)22-18/h1-2,9-12,14,16H,3-8,13H2,(H,21,24)/t16-/m0/s1. The lowest BCUT2D eigenvalue weighted by Gasteiger charge is -2.17. The highest BCUT2D eigenvalue weighted by molar-refractivity contribution is 5.93. The number of aryl methyl sites for hydroxylation is 2. The molecular formula is C20H23N3O. The first-order valence-electron chi connectivity index (χ1n) is 8.92. The molecule has 2 heterocycles. The fourth-order valence-electron chi connectivity index (χ4n) is 3.55. The molecule has 1 aromatic carbocycles. The molecule has 2 aromatic rings. The maximum atomic E-state index is 12.3. The van der Waals surface area contributed by atoms with Crippen LogP contribution in [0.15, 0.2) is 42.6 Å². The Labute approximate surface area is 142 Å². The fraction of sp³-hybridized carbons (Fsp3) is 0.400. The van der Waals surface area contributed by atoms with Crippen LogP contribution in [0.3, 0.4) is 0 Å². The van der Waals surface area contributed by atoms with E-state index in [9.17, 15) is 4.79 Å². The van der Waals surface area contributed by atoms with Crippen LogP contribution in [0, 0.1) is 5.92 Å². The largest absolute Gasteiger partial charge is 0.334 e. The number of benzene rings is 1. The van der Waals surface area contributed by atoms with Crippen molar-refractivity contribution in [2.75, 3.05) is 5.32 Å². The molecule has 1 aliphatic carbocycles. The molecule has 0 spiro atoms. The van der Waals surface area contributed by atoms with Gasteiger partial charge in [-0.2, -0.15) is 0 Å². The molecule has 4 nitrogen and oxygen atoms in total. The Morgan fingerprint density at radius 3 is 2.79 bits per heavy atom. The van der Waals surface area contributed by atoms with E-state index in [1.807, 2.05) is 24.3 Å². The second-order valence-corrected chi connectivity index (χ2v) is 6.74. The summed E-state index contributed by atoms with van der Waals surface area (Å²) in [5, 5.41) is 3.04. The van der Waals surface area contributed by atoms with Crippen molar-refractivity contribution in [2.24, 2.45) is 5.92 Å². The predicted octanol–water partition coefficient (Wildman–Crippen LogP) is 4.18. The SMILES string of the molecule is O=C(Nc1ccc(-c2cn3c(n2)CCCC3)cc1)[C@H]1CC=CCC1. The van der Waals surface area contributed by atoms with Crippen molar-refractivity contribution in [2.45, 2.75) is 45.1 Å². The van der Waals surface area contributed by atoms with E-state index in [4.69, 9.17) is 4.98 Å². The van der Waals surface area contributed by atoms with E-state index in [0.717, 1.165) is 49.2 Å². The van der Waals surface area contributed by atoms with Gasteiger partial charge in [0.15, 0.2) is 0 Å². The number of nitrogens with zero attached hydrogens (tertiary/aromatic N) is 2. The molecule has 0 unspecified atom stereocenters. The average molecular weight is 321 g/mol. The number of anilines is 1. The van der Waals surface area contributed by atoms with Crippen molar-refractivity contribution < 1.29 is 4.79 Å². The Kier molecular flexibility index (Phi) is 4.20. The molecular weight excluding hydrogens is 298 g/mol. The van der Waals surface area contributed by atoms with E-state index in [2.05, 4.69) is 28.2 Å². The topological polar surface area (TPSA) is 46.9 Å². The first kappa shape index (κ1) is 15.2. The fourth-order valence-corrected chi connectivity index (χ4v) is 3.55. The number of hydrogen-bond acceptors (Lipinski definition) is 2. The summed E-state index contributed by atoms with van der Waals surface area (Å²) in [7, 11) is 0. The number of hydrogen-bond donors (Lipinski definition) is 1. The van der Waals surface area contributed by atoms with Gasteiger partial charge in [-0.05, 0) is 44.2 Å². The average Bonchev–Trinajstić information content (AvgIpc) is 3.07. The molecule has 0 saturated carbocycles. The molecule has 0 saturated heterocycles. The van der Waals surface area contributed by atoms with Gasteiger partial charge in [0, 0.05) is 36.3 Å². The minimum atomic E-state index is 0.106. The number of rotatable bonds is 3. The van der Waals surface area contributed by atoms with Gasteiger partial charge in [-0.15, -0.1) is 0 Å². The summed E-state index contributed by atoms with van der Waals surface area (Å²) < 4.78 is 2.27. The predicted molar refractivity (Wildman–Crippen MR) is 95.7 cm³/mol. The van der Waals surface area contributed by atoms with E-state index in [-0.39, 0.29) is 11.8 Å². The van der Waals surface area contributed by atoms with Gasteiger partial charge in [0.2, 0.25) is 5.91 Å². The number of carbonyl (C=O) groups is 1. The zero-order valence-corrected chi connectivity index (χ0v) is 13.9. The van der Waals surface area contributed by atoms with Crippen LogP contribution in [-0.2, 0) is 17.8 Å². The third kappa shape index (κ3) is 3.14. The Hall–Kier alpha value is -2.36. The van der Waals surface area contributed by atoms with Crippen molar-refractivity contribution in [3.05, 3.63) is 48.4 Å². The first-order valence-corrected chi connectivity index (χ1v) is 8.92. The minimum Gasteiger partial charge on any atom is -0.334 e. The summed E-state index contributed by atoms with van der Waals surface area (Å²) in [6.45, 7) is 1.08. The lowest BCUT2D eigenvalue weighted by molar-refractivity contribution is -0.120. The smallest absolute Gasteiger partial charge is 0.227 e. The van der Waals surface area contributed by atoms with Crippen LogP contribution >= 0.6 is 0 Å². The minimum absolute atomic E-state index is 0.106. The van der Waals surface area contributed by atoms with Gasteiger partial charge in [0.25, 0.3) is 0 Å². The number of fused-ring (bicyclic) bond motifs is 1. The van der Waals surface area contributed by atoms with E-state index in [1.54, 1.807) is 0 Å².